The molecule has 0 heterocycles. The van der Waals surface area contributed by atoms with E-state index in [1.165, 1.54) is 0 Å². The molecule has 0 fully saturated rings. The first-order valence-corrected chi connectivity index (χ1v) is 10.3. The largest absolute Gasteiger partial charge is 0.497 e. The lowest BCUT2D eigenvalue weighted by atomic mass is 10.1. The number of hydrogen-bond acceptors (Lipinski definition) is 4. The van der Waals surface area contributed by atoms with Gasteiger partial charge in [-0.25, -0.2) is 0 Å². The summed E-state index contributed by atoms with van der Waals surface area (Å²) in [5.41, 5.74) is 1.78. The van der Waals surface area contributed by atoms with Gasteiger partial charge in [-0.15, -0.1) is 0 Å². The van der Waals surface area contributed by atoms with Crippen LogP contribution < -0.4 is 25.4 Å². The lowest BCUT2D eigenvalue weighted by molar-refractivity contribution is 0.0963. The van der Waals surface area contributed by atoms with Gasteiger partial charge >= 0.3 is 0 Å². The summed E-state index contributed by atoms with van der Waals surface area (Å²) in [6, 6.07) is 15.2. The van der Waals surface area contributed by atoms with Crippen molar-refractivity contribution >= 4 is 11.9 Å². The molecule has 2 rings (SSSR count). The molecule has 0 aliphatic rings. The fourth-order valence-electron chi connectivity index (χ4n) is 2.82. The summed E-state index contributed by atoms with van der Waals surface area (Å²) in [6.45, 7) is 4.80. The summed E-state index contributed by atoms with van der Waals surface area (Å²) in [6.07, 6.45) is 1.61. The predicted molar refractivity (Wildman–Crippen MR) is 121 cm³/mol. The number of rotatable bonds is 11. The molecule has 0 aliphatic carbocycles. The molecule has 0 saturated carbocycles. The second-order valence-corrected chi connectivity index (χ2v) is 6.60. The van der Waals surface area contributed by atoms with Crippen LogP contribution in [0.1, 0.15) is 29.3 Å². The van der Waals surface area contributed by atoms with Gasteiger partial charge in [0.1, 0.15) is 11.5 Å². The third kappa shape index (κ3) is 8.03. The number of nitrogens with one attached hydrogen (secondary N) is 3. The Morgan fingerprint density at radius 1 is 1.07 bits per heavy atom. The maximum absolute atomic E-state index is 11.8. The van der Waals surface area contributed by atoms with E-state index in [0.717, 1.165) is 49.0 Å². The second kappa shape index (κ2) is 13.1. The van der Waals surface area contributed by atoms with Gasteiger partial charge in [-0.3, -0.25) is 9.79 Å². The van der Waals surface area contributed by atoms with Gasteiger partial charge in [-0.2, -0.15) is 0 Å². The highest BCUT2D eigenvalue weighted by Gasteiger charge is 2.04. The molecule has 0 aliphatic heterocycles. The van der Waals surface area contributed by atoms with Crippen molar-refractivity contribution in [2.45, 2.75) is 19.8 Å². The van der Waals surface area contributed by atoms with E-state index in [1.807, 2.05) is 55.5 Å². The van der Waals surface area contributed by atoms with Gasteiger partial charge in [0.2, 0.25) is 0 Å². The summed E-state index contributed by atoms with van der Waals surface area (Å²) >= 11 is 0. The topological polar surface area (TPSA) is 84.0 Å². The van der Waals surface area contributed by atoms with Crippen molar-refractivity contribution in [3.05, 3.63) is 59.7 Å². The highest BCUT2D eigenvalue weighted by Crippen LogP contribution is 2.18. The number of carbonyl (C=O) groups excluding carboxylic acids is 1. The molecule has 0 spiro atoms. The van der Waals surface area contributed by atoms with Crippen LogP contribution in [0.25, 0.3) is 0 Å². The highest BCUT2D eigenvalue weighted by atomic mass is 16.5. The molecule has 30 heavy (non-hydrogen) atoms. The minimum absolute atomic E-state index is 0.0733. The number of ether oxygens (including phenoxy) is 2. The van der Waals surface area contributed by atoms with Gasteiger partial charge < -0.3 is 25.4 Å². The third-order valence-corrected chi connectivity index (χ3v) is 4.35. The molecular weight excluding hydrogens is 380 g/mol. The van der Waals surface area contributed by atoms with Crippen molar-refractivity contribution in [3.63, 3.8) is 0 Å². The Bertz CT molecular complexity index is 824. The van der Waals surface area contributed by atoms with E-state index in [1.54, 1.807) is 14.2 Å². The summed E-state index contributed by atoms with van der Waals surface area (Å²) in [4.78, 5) is 16.3. The Morgan fingerprint density at radius 2 is 1.87 bits per heavy atom. The zero-order chi connectivity index (χ0) is 21.6. The Hall–Kier alpha value is -3.22. The SMILES string of the molecule is CCNC(=NCCCOc1cccc(OC)c1)NCCc1cccc(C(=O)NC)c1. The van der Waals surface area contributed by atoms with Crippen molar-refractivity contribution < 1.29 is 14.3 Å². The van der Waals surface area contributed by atoms with Crippen molar-refractivity contribution in [1.29, 1.82) is 0 Å². The third-order valence-electron chi connectivity index (χ3n) is 4.35. The molecule has 1 amide bonds. The van der Waals surface area contributed by atoms with Crippen molar-refractivity contribution in [1.82, 2.24) is 16.0 Å². The minimum Gasteiger partial charge on any atom is -0.497 e. The number of methoxy groups -OCH3 is 1. The van der Waals surface area contributed by atoms with E-state index in [0.29, 0.717) is 18.7 Å². The maximum Gasteiger partial charge on any atom is 0.251 e. The highest BCUT2D eigenvalue weighted by molar-refractivity contribution is 5.94. The smallest absolute Gasteiger partial charge is 0.251 e. The monoisotopic (exact) mass is 412 g/mol. The summed E-state index contributed by atoms with van der Waals surface area (Å²) < 4.78 is 10.9. The van der Waals surface area contributed by atoms with Crippen LogP contribution in [0.15, 0.2) is 53.5 Å². The van der Waals surface area contributed by atoms with Crippen molar-refractivity contribution in [2.75, 3.05) is 40.4 Å². The number of hydrogen-bond donors (Lipinski definition) is 3. The van der Waals surface area contributed by atoms with Gasteiger partial charge in [0.05, 0.1) is 13.7 Å². The van der Waals surface area contributed by atoms with Gasteiger partial charge in [-0.05, 0) is 43.2 Å². The average Bonchev–Trinajstić information content (AvgIpc) is 2.78. The predicted octanol–water partition coefficient (Wildman–Crippen LogP) is 2.62. The van der Waals surface area contributed by atoms with E-state index >= 15 is 0 Å². The normalized spacial score (nSPS) is 11.0. The van der Waals surface area contributed by atoms with E-state index in [-0.39, 0.29) is 5.91 Å². The molecule has 7 nitrogen and oxygen atoms in total. The summed E-state index contributed by atoms with van der Waals surface area (Å²) in [7, 11) is 3.28. The first-order chi connectivity index (χ1) is 14.7. The molecule has 0 bridgehead atoms. The number of guanidine groups is 1. The first kappa shape index (κ1) is 23.1. The molecule has 0 aromatic heterocycles. The van der Waals surface area contributed by atoms with E-state index in [4.69, 9.17) is 9.47 Å². The number of nitrogens with zero attached hydrogens (tertiary/aromatic N) is 1. The molecule has 0 radical (unpaired) electrons. The fourth-order valence-corrected chi connectivity index (χ4v) is 2.82. The minimum atomic E-state index is -0.0733. The molecule has 162 valence electrons. The Labute approximate surface area is 178 Å². The molecule has 0 saturated heterocycles. The summed E-state index contributed by atoms with van der Waals surface area (Å²) in [5.74, 6) is 2.28. The van der Waals surface area contributed by atoms with Crippen LogP contribution in [0.3, 0.4) is 0 Å². The zero-order valence-electron chi connectivity index (χ0n) is 18.0. The van der Waals surface area contributed by atoms with E-state index in [2.05, 4.69) is 20.9 Å². The molecule has 2 aromatic rings. The van der Waals surface area contributed by atoms with Gasteiger partial charge in [-0.1, -0.05) is 18.2 Å². The number of amides is 1. The summed E-state index contributed by atoms with van der Waals surface area (Å²) in [5, 5.41) is 9.23. The Balaban J connectivity index is 1.75. The van der Waals surface area contributed by atoms with Crippen LogP contribution in [0, 0.1) is 0 Å². The van der Waals surface area contributed by atoms with E-state index < -0.39 is 0 Å². The lowest BCUT2D eigenvalue weighted by Gasteiger charge is -2.12. The number of benzene rings is 2. The van der Waals surface area contributed by atoms with Crippen molar-refractivity contribution in [3.8, 4) is 11.5 Å². The van der Waals surface area contributed by atoms with Crippen LogP contribution in [-0.2, 0) is 6.42 Å². The average molecular weight is 413 g/mol. The standard InChI is InChI=1S/C23H32N4O3/c1-4-25-23(26-13-7-15-30-21-11-6-10-20(17-21)29-3)27-14-12-18-8-5-9-19(16-18)22(28)24-2/h5-6,8-11,16-17H,4,7,12-15H2,1-3H3,(H,24,28)(H2,25,26,27). The van der Waals surface area contributed by atoms with Crippen LogP contribution >= 0.6 is 0 Å². The molecule has 0 unspecified atom stereocenters. The van der Waals surface area contributed by atoms with Crippen LogP contribution in [0.2, 0.25) is 0 Å². The van der Waals surface area contributed by atoms with Crippen LogP contribution in [-0.4, -0.2) is 52.3 Å². The van der Waals surface area contributed by atoms with Crippen molar-refractivity contribution in [2.24, 2.45) is 4.99 Å². The molecular formula is C23H32N4O3. The first-order valence-electron chi connectivity index (χ1n) is 10.3. The van der Waals surface area contributed by atoms with Crippen LogP contribution in [0.4, 0.5) is 0 Å². The molecule has 3 N–H and O–H groups in total. The second-order valence-electron chi connectivity index (χ2n) is 6.60. The Kier molecular flexibility index (Phi) is 10.1. The number of aliphatic imine (C=N–C) groups is 1. The van der Waals surface area contributed by atoms with Gasteiger partial charge in [0.25, 0.3) is 5.91 Å². The fraction of sp³-hybridized carbons (Fsp3) is 0.391. The van der Waals surface area contributed by atoms with E-state index in [9.17, 15) is 4.79 Å². The lowest BCUT2D eigenvalue weighted by Crippen LogP contribution is -2.38. The maximum atomic E-state index is 11.8. The number of carbonyl (C=O) groups is 1. The zero-order valence-corrected chi connectivity index (χ0v) is 18.0. The molecule has 7 heteroatoms. The quantitative estimate of drug-likeness (QED) is 0.300. The van der Waals surface area contributed by atoms with Gasteiger partial charge in [0.15, 0.2) is 5.96 Å². The molecule has 2 aromatic carbocycles. The van der Waals surface area contributed by atoms with Crippen LogP contribution in [0.5, 0.6) is 11.5 Å². The van der Waals surface area contributed by atoms with Gasteiger partial charge in [0, 0.05) is 44.7 Å². The Morgan fingerprint density at radius 3 is 2.63 bits per heavy atom. The molecule has 0 atom stereocenters.